The summed E-state index contributed by atoms with van der Waals surface area (Å²) in [6.45, 7) is 0. The lowest BCUT2D eigenvalue weighted by atomic mass is 10.2. The highest BCUT2D eigenvalue weighted by atomic mass is 79.9. The lowest BCUT2D eigenvalue weighted by molar-refractivity contribution is -0.387. The van der Waals surface area contributed by atoms with Gasteiger partial charge in [0.05, 0.1) is 15.8 Å². The summed E-state index contributed by atoms with van der Waals surface area (Å²) in [5.41, 5.74) is -3.02. The molecule has 15 heavy (non-hydrogen) atoms. The summed E-state index contributed by atoms with van der Waals surface area (Å²) in [5.74, 6) is 0. The van der Waals surface area contributed by atoms with Crippen LogP contribution in [0, 0.1) is 10.1 Å². The van der Waals surface area contributed by atoms with Crippen molar-refractivity contribution >= 4 is 21.6 Å². The Bertz CT molecular complexity index is 446. The molecule has 0 saturated heterocycles. The zero-order valence-electron chi connectivity index (χ0n) is 7.17. The Morgan fingerprint density at radius 3 is 2.60 bits per heavy atom. The van der Waals surface area contributed by atoms with E-state index in [9.17, 15) is 23.7 Å². The van der Waals surface area contributed by atoms with Crippen molar-refractivity contribution in [2.45, 2.75) is 11.8 Å². The highest BCUT2D eigenvalue weighted by molar-refractivity contribution is 9.08. The number of nitrogens with zero attached hydrogens (tertiary/aromatic N) is 1. The molecule has 0 atom stereocenters. The number of H-pyrrole nitrogens is 1. The molecule has 0 spiro atoms. The first-order valence-electron chi connectivity index (χ1n) is 3.72. The average Bonchev–Trinajstić information content (AvgIpc) is 2.15. The number of nitro groups is 1. The maximum absolute atomic E-state index is 12.3. The summed E-state index contributed by atoms with van der Waals surface area (Å²) in [5, 5.41) is 10.5. The zero-order valence-corrected chi connectivity index (χ0v) is 8.75. The van der Waals surface area contributed by atoms with E-state index in [2.05, 4.69) is 20.9 Å². The molecule has 0 bridgehead atoms. The fraction of sp³-hybridized carbons (Fsp3) is 0.286. The summed E-state index contributed by atoms with van der Waals surface area (Å²) < 4.78 is 24.5. The van der Waals surface area contributed by atoms with Gasteiger partial charge in [-0.2, -0.15) is 0 Å². The monoisotopic (exact) mass is 282 g/mol. The molecule has 1 aromatic rings. The van der Waals surface area contributed by atoms with E-state index in [1.807, 2.05) is 0 Å². The highest BCUT2D eigenvalue weighted by Crippen LogP contribution is 2.20. The average molecular weight is 283 g/mol. The second kappa shape index (κ2) is 4.47. The van der Waals surface area contributed by atoms with Crippen LogP contribution in [0.5, 0.6) is 0 Å². The first-order chi connectivity index (χ1) is 6.99. The maximum atomic E-state index is 12.3. The molecule has 82 valence electrons. The molecular formula is C7H5BrF2N2O3. The lowest BCUT2D eigenvalue weighted by Crippen LogP contribution is -2.17. The molecule has 8 heteroatoms. The Hall–Kier alpha value is -1.31. The largest absolute Gasteiger partial charge is 0.358 e. The van der Waals surface area contributed by atoms with Crippen LogP contribution >= 0.6 is 15.9 Å². The van der Waals surface area contributed by atoms with Crippen LogP contribution < -0.4 is 5.43 Å². The molecule has 1 heterocycles. The van der Waals surface area contributed by atoms with Crippen LogP contribution in [-0.2, 0) is 5.33 Å². The third-order valence-electron chi connectivity index (χ3n) is 1.72. The SMILES string of the molecule is O=c1c(C(F)F)c[nH]c(CBr)c1[N+](=O)[O-]. The number of hydrogen-bond donors (Lipinski definition) is 1. The van der Waals surface area contributed by atoms with Crippen molar-refractivity contribution in [3.05, 3.63) is 37.8 Å². The van der Waals surface area contributed by atoms with E-state index in [4.69, 9.17) is 0 Å². The van der Waals surface area contributed by atoms with Gasteiger partial charge in [-0.15, -0.1) is 0 Å². The third kappa shape index (κ3) is 2.20. The standard InChI is InChI=1S/C7H5BrF2N2O3/c8-1-4-5(12(14)15)6(13)3(2-11-4)7(9)10/h2,7H,1H2,(H,11,13). The van der Waals surface area contributed by atoms with Gasteiger partial charge in [0.15, 0.2) is 0 Å². The molecule has 0 aliphatic heterocycles. The first kappa shape index (κ1) is 11.8. The number of nitrogens with one attached hydrogen (secondary N) is 1. The molecule has 0 aromatic carbocycles. The number of halogens is 3. The van der Waals surface area contributed by atoms with Crippen molar-refractivity contribution in [2.24, 2.45) is 0 Å². The van der Waals surface area contributed by atoms with Gasteiger partial charge in [0.25, 0.3) is 11.9 Å². The number of pyridine rings is 1. The molecular weight excluding hydrogens is 278 g/mol. The van der Waals surface area contributed by atoms with Crippen LogP contribution in [0.2, 0.25) is 0 Å². The van der Waals surface area contributed by atoms with E-state index in [0.29, 0.717) is 0 Å². The van der Waals surface area contributed by atoms with E-state index in [1.54, 1.807) is 0 Å². The van der Waals surface area contributed by atoms with Crippen LogP contribution in [0.1, 0.15) is 17.7 Å². The number of aromatic amines is 1. The fourth-order valence-electron chi connectivity index (χ4n) is 1.03. The lowest BCUT2D eigenvalue weighted by Gasteiger charge is -2.02. The summed E-state index contributed by atoms with van der Waals surface area (Å²) in [7, 11) is 0. The minimum Gasteiger partial charge on any atom is -0.358 e. The molecule has 1 rings (SSSR count). The molecule has 5 nitrogen and oxygen atoms in total. The van der Waals surface area contributed by atoms with Crippen LogP contribution in [0.3, 0.4) is 0 Å². The Balaban J connectivity index is 3.50. The first-order valence-corrected chi connectivity index (χ1v) is 4.84. The molecule has 0 radical (unpaired) electrons. The second-order valence-electron chi connectivity index (χ2n) is 2.59. The topological polar surface area (TPSA) is 76.0 Å². The molecule has 0 unspecified atom stereocenters. The van der Waals surface area contributed by atoms with Gasteiger partial charge in [-0.25, -0.2) is 8.78 Å². The Morgan fingerprint density at radius 2 is 2.20 bits per heavy atom. The van der Waals surface area contributed by atoms with Gasteiger partial charge in [0.1, 0.15) is 5.69 Å². The quantitative estimate of drug-likeness (QED) is 0.524. The van der Waals surface area contributed by atoms with Crippen molar-refractivity contribution in [3.8, 4) is 0 Å². The Labute approximate surface area is 90.4 Å². The van der Waals surface area contributed by atoms with Gasteiger partial charge in [-0.1, -0.05) is 15.9 Å². The van der Waals surface area contributed by atoms with E-state index in [1.165, 1.54) is 0 Å². The van der Waals surface area contributed by atoms with Gasteiger partial charge in [-0.3, -0.25) is 14.9 Å². The third-order valence-corrected chi connectivity index (χ3v) is 2.28. The summed E-state index contributed by atoms with van der Waals surface area (Å²) in [6, 6.07) is 0. The van der Waals surface area contributed by atoms with Crippen molar-refractivity contribution in [3.63, 3.8) is 0 Å². The number of alkyl halides is 3. The number of hydrogen-bond acceptors (Lipinski definition) is 3. The van der Waals surface area contributed by atoms with Gasteiger partial charge in [0, 0.05) is 6.20 Å². The van der Waals surface area contributed by atoms with Crippen LogP contribution in [0.4, 0.5) is 14.5 Å². The molecule has 0 saturated carbocycles. The van der Waals surface area contributed by atoms with Crippen molar-refractivity contribution in [2.75, 3.05) is 0 Å². The number of aromatic nitrogens is 1. The summed E-state index contributed by atoms with van der Waals surface area (Å²) in [6.07, 6.45) is -2.24. The predicted octanol–water partition coefficient (Wildman–Crippen LogP) is 2.12. The van der Waals surface area contributed by atoms with Gasteiger partial charge >= 0.3 is 5.69 Å². The molecule has 1 aromatic heterocycles. The minimum atomic E-state index is -3.03. The molecule has 0 aliphatic rings. The second-order valence-corrected chi connectivity index (χ2v) is 3.15. The van der Waals surface area contributed by atoms with Crippen LogP contribution in [-0.4, -0.2) is 9.91 Å². The fourth-order valence-corrected chi connectivity index (χ4v) is 1.46. The van der Waals surface area contributed by atoms with E-state index in [-0.39, 0.29) is 11.0 Å². The van der Waals surface area contributed by atoms with Crippen LogP contribution in [0.15, 0.2) is 11.0 Å². The molecule has 0 amide bonds. The van der Waals surface area contributed by atoms with Crippen molar-refractivity contribution in [1.82, 2.24) is 4.98 Å². The zero-order chi connectivity index (χ0) is 11.6. The summed E-state index contributed by atoms with van der Waals surface area (Å²) in [4.78, 5) is 23.1. The minimum absolute atomic E-state index is 0.0159. The normalized spacial score (nSPS) is 10.7. The van der Waals surface area contributed by atoms with Gasteiger partial charge in [0.2, 0.25) is 0 Å². The Morgan fingerprint density at radius 1 is 1.60 bits per heavy atom. The van der Waals surface area contributed by atoms with Crippen molar-refractivity contribution < 1.29 is 13.7 Å². The number of rotatable bonds is 3. The molecule has 0 fully saturated rings. The molecule has 1 N–H and O–H groups in total. The van der Waals surface area contributed by atoms with Crippen LogP contribution in [0.25, 0.3) is 0 Å². The van der Waals surface area contributed by atoms with E-state index in [0.717, 1.165) is 6.20 Å². The summed E-state index contributed by atoms with van der Waals surface area (Å²) >= 11 is 2.91. The molecule has 0 aliphatic carbocycles. The van der Waals surface area contributed by atoms with Crippen molar-refractivity contribution in [1.29, 1.82) is 0 Å². The highest BCUT2D eigenvalue weighted by Gasteiger charge is 2.24. The maximum Gasteiger partial charge on any atom is 0.336 e. The van der Waals surface area contributed by atoms with E-state index < -0.39 is 28.0 Å². The van der Waals surface area contributed by atoms with E-state index >= 15 is 0 Å². The van der Waals surface area contributed by atoms with Gasteiger partial charge < -0.3 is 4.98 Å². The van der Waals surface area contributed by atoms with Gasteiger partial charge in [-0.05, 0) is 0 Å². The smallest absolute Gasteiger partial charge is 0.336 e. The Kier molecular flexibility index (Phi) is 3.51. The predicted molar refractivity (Wildman–Crippen MR) is 51.3 cm³/mol.